The van der Waals surface area contributed by atoms with Gasteiger partial charge in [0.25, 0.3) is 0 Å². The van der Waals surface area contributed by atoms with Gasteiger partial charge in [-0.05, 0) is 56.1 Å². The lowest BCUT2D eigenvalue weighted by Crippen LogP contribution is -2.03. The summed E-state index contributed by atoms with van der Waals surface area (Å²) in [7, 11) is 0. The maximum absolute atomic E-state index is 11.3. The van der Waals surface area contributed by atoms with Crippen molar-refractivity contribution in [2.75, 3.05) is 12.4 Å². The highest BCUT2D eigenvalue weighted by atomic mass is 32.2. The van der Waals surface area contributed by atoms with E-state index in [9.17, 15) is 4.79 Å². The SMILES string of the molecule is CCOC(=O)CCCCCCCCCCSC1=C(C)SC(=C2SC(C)=C(C)S2)S1. The number of hydrogen-bond donors (Lipinski definition) is 0. The lowest BCUT2D eigenvalue weighted by atomic mass is 10.1. The molecule has 2 aliphatic heterocycles. The number of hydrogen-bond acceptors (Lipinski definition) is 7. The standard InChI is InChI=1S/C22H34O2S5/c1-5-24-19(23)14-12-10-8-6-7-9-11-13-15-25-20-18(4)28-22(29-20)21-26-16(2)17(3)27-21/h5-15H2,1-4H3. The summed E-state index contributed by atoms with van der Waals surface area (Å²) >= 11 is 9.89. The van der Waals surface area contributed by atoms with Crippen LogP contribution in [0.15, 0.2) is 27.4 Å². The summed E-state index contributed by atoms with van der Waals surface area (Å²) < 4.78 is 9.44. The molecule has 0 aromatic carbocycles. The maximum Gasteiger partial charge on any atom is 0.305 e. The Bertz CT molecular complexity index is 636. The van der Waals surface area contributed by atoms with Crippen molar-refractivity contribution in [3.8, 4) is 0 Å². The Morgan fingerprint density at radius 3 is 1.90 bits per heavy atom. The minimum absolute atomic E-state index is 0.0415. The fourth-order valence-electron chi connectivity index (χ4n) is 2.93. The molecule has 0 unspecified atom stereocenters. The smallest absolute Gasteiger partial charge is 0.305 e. The minimum Gasteiger partial charge on any atom is -0.466 e. The van der Waals surface area contributed by atoms with E-state index in [1.807, 2.05) is 65.7 Å². The molecule has 0 bridgehead atoms. The van der Waals surface area contributed by atoms with E-state index in [0.29, 0.717) is 13.0 Å². The van der Waals surface area contributed by atoms with Crippen LogP contribution in [-0.2, 0) is 9.53 Å². The zero-order chi connectivity index (χ0) is 21.1. The third kappa shape index (κ3) is 9.63. The number of unbranched alkanes of at least 4 members (excludes halogenated alkanes) is 7. The van der Waals surface area contributed by atoms with Crippen LogP contribution in [0.3, 0.4) is 0 Å². The molecule has 0 aromatic rings. The number of carbonyl (C=O) groups excluding carboxylic acids is 1. The van der Waals surface area contributed by atoms with Crippen molar-refractivity contribution in [1.82, 2.24) is 0 Å². The molecule has 0 N–H and O–H groups in total. The predicted octanol–water partition coefficient (Wildman–Crippen LogP) is 9.32. The van der Waals surface area contributed by atoms with Crippen LogP contribution in [-0.4, -0.2) is 18.3 Å². The summed E-state index contributed by atoms with van der Waals surface area (Å²) in [6, 6.07) is 0. The molecular formula is C22H34O2S5. The van der Waals surface area contributed by atoms with Crippen LogP contribution in [0.5, 0.6) is 0 Å². The van der Waals surface area contributed by atoms with Gasteiger partial charge in [0.05, 0.1) is 19.3 Å². The zero-order valence-corrected chi connectivity index (χ0v) is 22.2. The third-order valence-corrected chi connectivity index (χ3v) is 12.0. The minimum atomic E-state index is -0.0415. The van der Waals surface area contributed by atoms with Gasteiger partial charge in [-0.2, -0.15) is 0 Å². The van der Waals surface area contributed by atoms with E-state index in [-0.39, 0.29) is 5.97 Å². The van der Waals surface area contributed by atoms with E-state index in [4.69, 9.17) is 4.74 Å². The molecule has 0 atom stereocenters. The molecule has 2 nitrogen and oxygen atoms in total. The molecule has 164 valence electrons. The van der Waals surface area contributed by atoms with Gasteiger partial charge in [0, 0.05) is 11.3 Å². The van der Waals surface area contributed by atoms with Crippen molar-refractivity contribution in [2.45, 2.75) is 85.5 Å². The highest BCUT2D eigenvalue weighted by molar-refractivity contribution is 8.38. The number of thioether (sulfide) groups is 5. The Morgan fingerprint density at radius 1 is 0.759 bits per heavy atom. The number of ether oxygens (including phenoxy) is 1. The average Bonchev–Trinajstić information content (AvgIpc) is 3.22. The molecule has 29 heavy (non-hydrogen) atoms. The Kier molecular flexibility index (Phi) is 12.8. The molecule has 0 fully saturated rings. The van der Waals surface area contributed by atoms with E-state index in [0.717, 1.165) is 12.8 Å². The number of carbonyl (C=O) groups is 1. The van der Waals surface area contributed by atoms with Crippen LogP contribution < -0.4 is 0 Å². The molecule has 2 heterocycles. The Morgan fingerprint density at radius 2 is 1.28 bits per heavy atom. The Labute approximate surface area is 198 Å². The first-order valence-corrected chi connectivity index (χ1v) is 14.9. The average molecular weight is 491 g/mol. The van der Waals surface area contributed by atoms with Crippen LogP contribution in [0.4, 0.5) is 0 Å². The van der Waals surface area contributed by atoms with Gasteiger partial charge in [-0.15, -0.1) is 11.8 Å². The van der Waals surface area contributed by atoms with E-state index in [1.54, 1.807) is 0 Å². The van der Waals surface area contributed by atoms with Crippen molar-refractivity contribution in [3.05, 3.63) is 27.4 Å². The van der Waals surface area contributed by atoms with E-state index in [1.165, 1.54) is 71.7 Å². The Balaban J connectivity index is 1.46. The fourth-order valence-corrected chi connectivity index (χ4v) is 9.92. The first kappa shape index (κ1) is 25.7. The third-order valence-electron chi connectivity index (χ3n) is 4.69. The second-order valence-electron chi connectivity index (χ2n) is 7.17. The quantitative estimate of drug-likeness (QED) is 0.187. The van der Waals surface area contributed by atoms with Gasteiger partial charge in [-0.25, -0.2) is 0 Å². The largest absolute Gasteiger partial charge is 0.466 e. The molecule has 0 spiro atoms. The monoisotopic (exact) mass is 490 g/mol. The molecule has 0 aliphatic carbocycles. The predicted molar refractivity (Wildman–Crippen MR) is 139 cm³/mol. The van der Waals surface area contributed by atoms with Gasteiger partial charge in [-0.3, -0.25) is 4.79 Å². The van der Waals surface area contributed by atoms with Crippen molar-refractivity contribution in [3.63, 3.8) is 0 Å². The van der Waals surface area contributed by atoms with Gasteiger partial charge in [-0.1, -0.05) is 85.6 Å². The van der Waals surface area contributed by atoms with Gasteiger partial charge in [0.15, 0.2) is 0 Å². The summed E-state index contributed by atoms with van der Waals surface area (Å²) in [6.07, 6.45) is 10.6. The number of esters is 1. The number of allylic oxidation sites excluding steroid dienone is 3. The normalized spacial score (nSPS) is 17.1. The second-order valence-corrected chi connectivity index (χ2v) is 13.7. The lowest BCUT2D eigenvalue weighted by molar-refractivity contribution is -0.143. The molecule has 0 aromatic heterocycles. The van der Waals surface area contributed by atoms with E-state index in [2.05, 4.69) is 20.8 Å². The van der Waals surface area contributed by atoms with Crippen LogP contribution in [0.1, 0.15) is 85.5 Å². The van der Waals surface area contributed by atoms with Crippen molar-refractivity contribution < 1.29 is 9.53 Å². The highest BCUT2D eigenvalue weighted by Crippen LogP contribution is 2.61. The second kappa shape index (κ2) is 14.5. The highest BCUT2D eigenvalue weighted by Gasteiger charge is 2.25. The van der Waals surface area contributed by atoms with Crippen molar-refractivity contribution in [2.24, 2.45) is 0 Å². The van der Waals surface area contributed by atoms with E-state index >= 15 is 0 Å². The molecule has 7 heteroatoms. The summed E-state index contributed by atoms with van der Waals surface area (Å²) in [5.41, 5.74) is 0. The molecule has 0 amide bonds. The van der Waals surface area contributed by atoms with Gasteiger partial charge >= 0.3 is 5.97 Å². The molecule has 0 saturated heterocycles. The van der Waals surface area contributed by atoms with Gasteiger partial charge < -0.3 is 4.74 Å². The van der Waals surface area contributed by atoms with Crippen molar-refractivity contribution >= 4 is 64.8 Å². The van der Waals surface area contributed by atoms with Crippen LogP contribution in [0, 0.1) is 0 Å². The molecular weight excluding hydrogens is 457 g/mol. The van der Waals surface area contributed by atoms with Crippen LogP contribution >= 0.6 is 58.8 Å². The maximum atomic E-state index is 11.3. The summed E-state index contributed by atoms with van der Waals surface area (Å²) in [6.45, 7) is 9.09. The Hall–Kier alpha value is 0.440. The first-order chi connectivity index (χ1) is 14.0. The van der Waals surface area contributed by atoms with Crippen LogP contribution in [0.25, 0.3) is 0 Å². The van der Waals surface area contributed by atoms with Crippen LogP contribution in [0.2, 0.25) is 0 Å². The zero-order valence-electron chi connectivity index (χ0n) is 18.1. The van der Waals surface area contributed by atoms with Gasteiger partial charge in [0.1, 0.15) is 0 Å². The first-order valence-electron chi connectivity index (χ1n) is 10.6. The summed E-state index contributed by atoms with van der Waals surface area (Å²) in [4.78, 5) is 15.7. The lowest BCUT2D eigenvalue weighted by Gasteiger charge is -2.04. The summed E-state index contributed by atoms with van der Waals surface area (Å²) in [5.74, 6) is 1.19. The van der Waals surface area contributed by atoms with Gasteiger partial charge in [0.2, 0.25) is 0 Å². The fraction of sp³-hybridized carbons (Fsp3) is 0.682. The number of rotatable bonds is 13. The molecule has 0 saturated carbocycles. The molecule has 2 aliphatic rings. The topological polar surface area (TPSA) is 26.3 Å². The summed E-state index contributed by atoms with van der Waals surface area (Å²) in [5, 5.41) is 0. The molecule has 0 radical (unpaired) electrons. The van der Waals surface area contributed by atoms with E-state index < -0.39 is 0 Å². The molecule has 2 rings (SSSR count). The van der Waals surface area contributed by atoms with Crippen molar-refractivity contribution in [1.29, 1.82) is 0 Å².